The van der Waals surface area contributed by atoms with E-state index in [1.165, 1.54) is 5.56 Å². The van der Waals surface area contributed by atoms with E-state index in [-0.39, 0.29) is 11.9 Å². The molecule has 0 saturated heterocycles. The summed E-state index contributed by atoms with van der Waals surface area (Å²) >= 11 is 0. The van der Waals surface area contributed by atoms with Crippen LogP contribution >= 0.6 is 0 Å². The fourth-order valence-corrected chi connectivity index (χ4v) is 3.47. The Morgan fingerprint density at radius 3 is 3.08 bits per heavy atom. The number of aromatic amines is 1. The van der Waals surface area contributed by atoms with Crippen LogP contribution < -0.4 is 5.32 Å². The third-order valence-electron chi connectivity index (χ3n) is 4.91. The molecule has 0 spiro atoms. The highest BCUT2D eigenvalue weighted by Gasteiger charge is 2.21. The maximum atomic E-state index is 12.7. The smallest absolute Gasteiger partial charge is 0.268 e. The number of hydrogen-bond acceptors (Lipinski definition) is 3. The number of benzene rings is 1. The fourth-order valence-electron chi connectivity index (χ4n) is 3.47. The third kappa shape index (κ3) is 2.58. The van der Waals surface area contributed by atoms with Crippen LogP contribution in [0, 0.1) is 13.8 Å². The molecule has 4 rings (SSSR count). The predicted molar refractivity (Wildman–Crippen MR) is 92.0 cm³/mol. The van der Waals surface area contributed by atoms with Gasteiger partial charge in [0.15, 0.2) is 0 Å². The lowest BCUT2D eigenvalue weighted by molar-refractivity contribution is 0.0928. The molecule has 1 aromatic carbocycles. The predicted octanol–water partition coefficient (Wildman–Crippen LogP) is 2.51. The summed E-state index contributed by atoms with van der Waals surface area (Å²) < 4.78 is 2.07. The lowest BCUT2D eigenvalue weighted by Crippen LogP contribution is -2.35. The Bertz CT molecular complexity index is 885. The molecule has 6 nitrogen and oxygen atoms in total. The van der Waals surface area contributed by atoms with Crippen molar-refractivity contribution in [2.24, 2.45) is 0 Å². The zero-order chi connectivity index (χ0) is 16.7. The van der Waals surface area contributed by atoms with Gasteiger partial charge in [0, 0.05) is 29.9 Å². The van der Waals surface area contributed by atoms with Gasteiger partial charge in [-0.2, -0.15) is 0 Å². The number of nitrogens with one attached hydrogen (secondary N) is 2. The molecule has 3 heterocycles. The first kappa shape index (κ1) is 14.9. The fraction of sp³-hybridized carbons (Fsp3) is 0.389. The summed E-state index contributed by atoms with van der Waals surface area (Å²) in [6.07, 6.45) is 4.40. The molecule has 1 unspecified atom stereocenters. The molecule has 0 bridgehead atoms. The molecule has 1 aliphatic rings. The highest BCUT2D eigenvalue weighted by Crippen LogP contribution is 2.23. The molecule has 124 valence electrons. The highest BCUT2D eigenvalue weighted by molar-refractivity contribution is 6.01. The van der Waals surface area contributed by atoms with Crippen LogP contribution in [0.25, 0.3) is 10.9 Å². The van der Waals surface area contributed by atoms with Gasteiger partial charge in [0.1, 0.15) is 17.8 Å². The summed E-state index contributed by atoms with van der Waals surface area (Å²) in [5.41, 5.74) is 3.88. The maximum Gasteiger partial charge on any atom is 0.268 e. The molecule has 3 aromatic rings. The second-order valence-corrected chi connectivity index (χ2v) is 6.61. The van der Waals surface area contributed by atoms with Crippen LogP contribution in [0.1, 0.15) is 40.3 Å². The van der Waals surface area contributed by atoms with E-state index in [0.717, 1.165) is 48.1 Å². The number of amides is 1. The molecule has 0 fully saturated rings. The summed E-state index contributed by atoms with van der Waals surface area (Å²) in [4.78, 5) is 16.0. The number of carbonyl (C=O) groups is 1. The van der Waals surface area contributed by atoms with Crippen molar-refractivity contribution in [3.63, 3.8) is 0 Å². The summed E-state index contributed by atoms with van der Waals surface area (Å²) in [6, 6.07) is 6.37. The molecule has 1 amide bonds. The van der Waals surface area contributed by atoms with Crippen molar-refractivity contribution < 1.29 is 4.79 Å². The molecule has 2 aromatic heterocycles. The first-order valence-corrected chi connectivity index (χ1v) is 8.38. The van der Waals surface area contributed by atoms with Crippen LogP contribution in [0.5, 0.6) is 0 Å². The molecule has 0 aliphatic carbocycles. The van der Waals surface area contributed by atoms with Gasteiger partial charge in [0.05, 0.1) is 0 Å². The normalized spacial score (nSPS) is 17.5. The van der Waals surface area contributed by atoms with Crippen LogP contribution in [0.2, 0.25) is 0 Å². The SMILES string of the molecule is Cc1ccc2[nH]c(C(=O)NC3CCc4nncn4CC3)c(C)c2c1. The van der Waals surface area contributed by atoms with Gasteiger partial charge in [0.25, 0.3) is 5.91 Å². The number of fused-ring (bicyclic) bond motifs is 2. The number of aryl methyl sites for hydroxylation is 4. The largest absolute Gasteiger partial charge is 0.350 e. The minimum absolute atomic E-state index is 0.0241. The van der Waals surface area contributed by atoms with Crippen molar-refractivity contribution in [2.75, 3.05) is 0 Å². The van der Waals surface area contributed by atoms with Crippen LogP contribution in [0.4, 0.5) is 0 Å². The minimum Gasteiger partial charge on any atom is -0.350 e. The summed E-state index contributed by atoms with van der Waals surface area (Å²) in [6.45, 7) is 4.91. The van der Waals surface area contributed by atoms with Crippen LogP contribution in [-0.2, 0) is 13.0 Å². The van der Waals surface area contributed by atoms with Gasteiger partial charge in [-0.15, -0.1) is 10.2 Å². The molecular formula is C18H21N5O. The Hall–Kier alpha value is -2.63. The second kappa shape index (κ2) is 5.78. The molecule has 6 heteroatoms. The van der Waals surface area contributed by atoms with E-state index in [4.69, 9.17) is 0 Å². The third-order valence-corrected chi connectivity index (χ3v) is 4.91. The number of nitrogens with zero attached hydrogens (tertiary/aromatic N) is 3. The lowest BCUT2D eigenvalue weighted by atomic mass is 10.1. The van der Waals surface area contributed by atoms with Gasteiger partial charge in [-0.3, -0.25) is 4.79 Å². The second-order valence-electron chi connectivity index (χ2n) is 6.61. The Morgan fingerprint density at radius 1 is 1.33 bits per heavy atom. The monoisotopic (exact) mass is 323 g/mol. The number of aromatic nitrogens is 4. The van der Waals surface area contributed by atoms with E-state index < -0.39 is 0 Å². The maximum absolute atomic E-state index is 12.7. The first-order chi connectivity index (χ1) is 11.6. The zero-order valence-electron chi connectivity index (χ0n) is 14.0. The molecule has 1 atom stereocenters. The average Bonchev–Trinajstić information content (AvgIpc) is 3.10. The van der Waals surface area contributed by atoms with Crippen LogP contribution in [-0.4, -0.2) is 31.7 Å². The standard InChI is InChI=1S/C18H21N5O/c1-11-3-5-15-14(9-11)12(2)17(21-15)18(24)20-13-4-6-16-22-19-10-23(16)8-7-13/h3,5,9-10,13,21H,4,6-8H2,1-2H3,(H,20,24). The summed E-state index contributed by atoms with van der Waals surface area (Å²) in [5, 5.41) is 12.4. The van der Waals surface area contributed by atoms with E-state index in [0.29, 0.717) is 5.69 Å². The Labute approximate surface area is 140 Å². The Kier molecular flexibility index (Phi) is 3.59. The van der Waals surface area contributed by atoms with E-state index in [2.05, 4.69) is 44.1 Å². The molecule has 0 radical (unpaired) electrons. The zero-order valence-corrected chi connectivity index (χ0v) is 14.0. The number of carbonyl (C=O) groups excluding carboxylic acids is 1. The average molecular weight is 323 g/mol. The number of rotatable bonds is 2. The van der Waals surface area contributed by atoms with Gasteiger partial charge in [-0.1, -0.05) is 11.6 Å². The topological polar surface area (TPSA) is 75.6 Å². The first-order valence-electron chi connectivity index (χ1n) is 8.38. The highest BCUT2D eigenvalue weighted by atomic mass is 16.1. The van der Waals surface area contributed by atoms with Gasteiger partial charge in [-0.05, 0) is 44.4 Å². The van der Waals surface area contributed by atoms with Crippen molar-refractivity contribution in [3.05, 3.63) is 47.2 Å². The van der Waals surface area contributed by atoms with Gasteiger partial charge in [-0.25, -0.2) is 0 Å². The van der Waals surface area contributed by atoms with Crippen molar-refractivity contribution in [2.45, 2.75) is 45.7 Å². The molecular weight excluding hydrogens is 302 g/mol. The van der Waals surface area contributed by atoms with Gasteiger partial charge >= 0.3 is 0 Å². The Balaban J connectivity index is 1.52. The van der Waals surface area contributed by atoms with E-state index >= 15 is 0 Å². The van der Waals surface area contributed by atoms with Crippen molar-refractivity contribution in [1.29, 1.82) is 0 Å². The summed E-state index contributed by atoms with van der Waals surface area (Å²) in [5.74, 6) is 0.980. The van der Waals surface area contributed by atoms with Crippen LogP contribution in [0.3, 0.4) is 0 Å². The molecule has 1 aliphatic heterocycles. The number of H-pyrrole nitrogens is 1. The molecule has 0 saturated carbocycles. The van der Waals surface area contributed by atoms with Gasteiger partial charge in [0.2, 0.25) is 0 Å². The molecule has 2 N–H and O–H groups in total. The Morgan fingerprint density at radius 2 is 2.21 bits per heavy atom. The molecule has 24 heavy (non-hydrogen) atoms. The van der Waals surface area contributed by atoms with E-state index in [9.17, 15) is 4.79 Å². The van der Waals surface area contributed by atoms with Crippen molar-refractivity contribution in [3.8, 4) is 0 Å². The van der Waals surface area contributed by atoms with Crippen molar-refractivity contribution >= 4 is 16.8 Å². The summed E-state index contributed by atoms with van der Waals surface area (Å²) in [7, 11) is 0. The van der Waals surface area contributed by atoms with E-state index in [1.807, 2.05) is 13.0 Å². The van der Waals surface area contributed by atoms with Crippen molar-refractivity contribution in [1.82, 2.24) is 25.1 Å². The lowest BCUT2D eigenvalue weighted by Gasteiger charge is -2.15. The van der Waals surface area contributed by atoms with Gasteiger partial charge < -0.3 is 14.9 Å². The van der Waals surface area contributed by atoms with E-state index in [1.54, 1.807) is 6.33 Å². The minimum atomic E-state index is -0.0241. The quantitative estimate of drug-likeness (QED) is 0.761. The van der Waals surface area contributed by atoms with Crippen LogP contribution in [0.15, 0.2) is 24.5 Å². The number of hydrogen-bond donors (Lipinski definition) is 2.